The lowest BCUT2D eigenvalue weighted by atomic mass is 10.1. The Hall–Kier alpha value is 0.01000. The Kier molecular flexibility index (Phi) is 8.84. The topological polar surface area (TPSA) is 12.0 Å². The molecule has 1 rings (SSSR count). The Morgan fingerprint density at radius 3 is 2.63 bits per heavy atom. The lowest BCUT2D eigenvalue weighted by molar-refractivity contribution is 0.568. The minimum atomic E-state index is 0.411. The first kappa shape index (κ1) is 17.1. The minimum absolute atomic E-state index is 0.411. The van der Waals surface area contributed by atoms with E-state index < -0.39 is 0 Å². The van der Waals surface area contributed by atoms with Gasteiger partial charge in [0.2, 0.25) is 0 Å². The van der Waals surface area contributed by atoms with Crippen LogP contribution in [0, 0.1) is 0 Å². The molecule has 1 unspecified atom stereocenters. The summed E-state index contributed by atoms with van der Waals surface area (Å²) >= 11 is 5.67. The third-order valence-corrected chi connectivity index (χ3v) is 4.92. The van der Waals surface area contributed by atoms with Gasteiger partial charge in [0.25, 0.3) is 0 Å². The average Bonchev–Trinajstić information content (AvgIpc) is 2.41. The van der Waals surface area contributed by atoms with Crippen molar-refractivity contribution < 1.29 is 0 Å². The first-order valence-corrected chi connectivity index (χ1v) is 9.12. The molecule has 0 bridgehead atoms. The second-order valence-electron chi connectivity index (χ2n) is 4.91. The number of unbranched alkanes of at least 4 members (excludes halogenated alkanes) is 2. The number of halogens is 1. The number of hydrogen-bond donors (Lipinski definition) is 1. The molecule has 1 N–H and O–H groups in total. The van der Waals surface area contributed by atoms with Gasteiger partial charge in [-0.05, 0) is 49.8 Å². The van der Waals surface area contributed by atoms with Gasteiger partial charge in [0.15, 0.2) is 0 Å². The van der Waals surface area contributed by atoms with Crippen molar-refractivity contribution in [2.24, 2.45) is 0 Å². The third kappa shape index (κ3) is 6.33. The van der Waals surface area contributed by atoms with E-state index in [-0.39, 0.29) is 0 Å². The molecule has 108 valence electrons. The number of hydrogen-bond acceptors (Lipinski definition) is 2. The van der Waals surface area contributed by atoms with Gasteiger partial charge in [0.05, 0.1) is 0 Å². The summed E-state index contributed by atoms with van der Waals surface area (Å²) in [5.74, 6) is 1.23. The molecule has 0 saturated heterocycles. The van der Waals surface area contributed by atoms with Gasteiger partial charge in [-0.2, -0.15) is 0 Å². The van der Waals surface area contributed by atoms with Gasteiger partial charge in [-0.15, -0.1) is 11.8 Å². The number of rotatable bonds is 9. The highest BCUT2D eigenvalue weighted by atomic mass is 79.9. The van der Waals surface area contributed by atoms with Crippen molar-refractivity contribution in [2.75, 3.05) is 12.3 Å². The predicted octanol–water partition coefficient (Wildman–Crippen LogP) is 5.79. The SMILES string of the molecule is CCCCCSc1ccc(C(C)NCCC)c(Br)c1. The van der Waals surface area contributed by atoms with Gasteiger partial charge in [0, 0.05) is 15.4 Å². The van der Waals surface area contributed by atoms with E-state index >= 15 is 0 Å². The molecule has 19 heavy (non-hydrogen) atoms. The normalized spacial score (nSPS) is 12.6. The van der Waals surface area contributed by atoms with Crippen LogP contribution in [0.15, 0.2) is 27.6 Å². The first-order chi connectivity index (χ1) is 9.19. The highest BCUT2D eigenvalue weighted by molar-refractivity contribution is 9.10. The molecule has 1 atom stereocenters. The van der Waals surface area contributed by atoms with Crippen molar-refractivity contribution in [3.8, 4) is 0 Å². The van der Waals surface area contributed by atoms with Gasteiger partial charge in [-0.25, -0.2) is 0 Å². The summed E-state index contributed by atoms with van der Waals surface area (Å²) in [4.78, 5) is 1.37. The standard InChI is InChI=1S/C16H26BrNS/c1-4-6-7-11-19-14-8-9-15(16(17)12-14)13(3)18-10-5-2/h8-9,12-13,18H,4-7,10-11H2,1-3H3. The fraction of sp³-hybridized carbons (Fsp3) is 0.625. The maximum absolute atomic E-state index is 3.71. The molecule has 0 heterocycles. The first-order valence-electron chi connectivity index (χ1n) is 7.34. The van der Waals surface area contributed by atoms with Crippen LogP contribution in [0.2, 0.25) is 0 Å². The largest absolute Gasteiger partial charge is 0.310 e. The predicted molar refractivity (Wildman–Crippen MR) is 91.1 cm³/mol. The van der Waals surface area contributed by atoms with Crippen molar-refractivity contribution in [1.29, 1.82) is 0 Å². The smallest absolute Gasteiger partial charge is 0.0302 e. The lowest BCUT2D eigenvalue weighted by Gasteiger charge is -2.16. The molecule has 0 amide bonds. The molecule has 0 fully saturated rings. The molecule has 0 saturated carbocycles. The molecule has 1 aromatic carbocycles. The lowest BCUT2D eigenvalue weighted by Crippen LogP contribution is -2.19. The van der Waals surface area contributed by atoms with E-state index in [1.54, 1.807) is 0 Å². The second kappa shape index (κ2) is 9.84. The molecule has 3 heteroatoms. The maximum Gasteiger partial charge on any atom is 0.0302 e. The Morgan fingerprint density at radius 2 is 2.00 bits per heavy atom. The molecule has 0 aliphatic carbocycles. The van der Waals surface area contributed by atoms with Gasteiger partial charge in [-0.3, -0.25) is 0 Å². The molecular formula is C16H26BrNS. The second-order valence-corrected chi connectivity index (χ2v) is 6.94. The van der Waals surface area contributed by atoms with E-state index in [1.807, 2.05) is 11.8 Å². The van der Waals surface area contributed by atoms with Crippen molar-refractivity contribution in [2.45, 2.75) is 57.4 Å². The highest BCUT2D eigenvalue weighted by Crippen LogP contribution is 2.29. The Morgan fingerprint density at radius 1 is 1.21 bits per heavy atom. The van der Waals surface area contributed by atoms with E-state index in [0.29, 0.717) is 6.04 Å². The van der Waals surface area contributed by atoms with Crippen molar-refractivity contribution in [1.82, 2.24) is 5.32 Å². The third-order valence-electron chi connectivity index (χ3n) is 3.16. The molecule has 0 radical (unpaired) electrons. The Labute approximate surface area is 131 Å². The van der Waals surface area contributed by atoms with E-state index in [1.165, 1.54) is 46.4 Å². The number of nitrogens with one attached hydrogen (secondary N) is 1. The highest BCUT2D eigenvalue weighted by Gasteiger charge is 2.09. The quantitative estimate of drug-likeness (QED) is 0.449. The van der Waals surface area contributed by atoms with Crippen LogP contribution in [0.5, 0.6) is 0 Å². The van der Waals surface area contributed by atoms with Crippen LogP contribution in [-0.4, -0.2) is 12.3 Å². The molecular weight excluding hydrogens is 318 g/mol. The van der Waals surface area contributed by atoms with Crippen LogP contribution in [0.25, 0.3) is 0 Å². The zero-order chi connectivity index (χ0) is 14.1. The minimum Gasteiger partial charge on any atom is -0.310 e. The van der Waals surface area contributed by atoms with Crippen LogP contribution < -0.4 is 5.32 Å². The summed E-state index contributed by atoms with van der Waals surface area (Å²) < 4.78 is 1.23. The fourth-order valence-corrected chi connectivity index (χ4v) is 3.79. The van der Waals surface area contributed by atoms with Crippen LogP contribution in [0.4, 0.5) is 0 Å². The van der Waals surface area contributed by atoms with Gasteiger partial charge in [-0.1, -0.05) is 48.7 Å². The average molecular weight is 344 g/mol. The summed E-state index contributed by atoms with van der Waals surface area (Å²) in [6.45, 7) is 7.75. The molecule has 0 aliphatic heterocycles. The van der Waals surface area contributed by atoms with Crippen LogP contribution in [0.3, 0.4) is 0 Å². The van der Waals surface area contributed by atoms with Crippen LogP contribution in [0.1, 0.15) is 58.1 Å². The summed E-state index contributed by atoms with van der Waals surface area (Å²) in [5.41, 5.74) is 1.35. The van der Waals surface area contributed by atoms with Crippen molar-refractivity contribution in [3.05, 3.63) is 28.2 Å². The van der Waals surface area contributed by atoms with Crippen LogP contribution in [-0.2, 0) is 0 Å². The molecule has 0 aliphatic rings. The summed E-state index contributed by atoms with van der Waals surface area (Å²) in [6.07, 6.45) is 5.12. The monoisotopic (exact) mass is 343 g/mol. The summed E-state index contributed by atoms with van der Waals surface area (Å²) in [5, 5.41) is 3.53. The van der Waals surface area contributed by atoms with Crippen LogP contribution >= 0.6 is 27.7 Å². The molecule has 1 aromatic rings. The molecule has 1 nitrogen and oxygen atoms in total. The molecule has 0 spiro atoms. The van der Waals surface area contributed by atoms with Gasteiger partial charge < -0.3 is 5.32 Å². The molecule has 0 aromatic heterocycles. The zero-order valence-electron chi connectivity index (χ0n) is 12.3. The van der Waals surface area contributed by atoms with E-state index in [4.69, 9.17) is 0 Å². The van der Waals surface area contributed by atoms with E-state index in [2.05, 4.69) is 60.2 Å². The van der Waals surface area contributed by atoms with E-state index in [0.717, 1.165) is 6.54 Å². The van der Waals surface area contributed by atoms with Gasteiger partial charge >= 0.3 is 0 Å². The maximum atomic E-state index is 3.71. The summed E-state index contributed by atoms with van der Waals surface area (Å²) in [6, 6.07) is 7.17. The number of thioether (sulfide) groups is 1. The Balaban J connectivity index is 2.53. The summed E-state index contributed by atoms with van der Waals surface area (Å²) in [7, 11) is 0. The van der Waals surface area contributed by atoms with Crippen molar-refractivity contribution >= 4 is 27.7 Å². The van der Waals surface area contributed by atoms with Crippen molar-refractivity contribution in [3.63, 3.8) is 0 Å². The zero-order valence-corrected chi connectivity index (χ0v) is 14.7. The number of benzene rings is 1. The fourth-order valence-electron chi connectivity index (χ4n) is 1.96. The van der Waals surface area contributed by atoms with E-state index in [9.17, 15) is 0 Å². The van der Waals surface area contributed by atoms with Gasteiger partial charge in [0.1, 0.15) is 0 Å². The Bertz CT molecular complexity index is 368.